The molecule has 1 amide bonds. The van der Waals surface area contributed by atoms with Crippen LogP contribution in [0.2, 0.25) is 0 Å². The van der Waals surface area contributed by atoms with Crippen molar-refractivity contribution in [3.63, 3.8) is 0 Å². The number of aryl methyl sites for hydroxylation is 1. The van der Waals surface area contributed by atoms with Crippen molar-refractivity contribution in [2.45, 2.75) is 6.92 Å². The summed E-state index contributed by atoms with van der Waals surface area (Å²) < 4.78 is 0. The number of nitro groups is 1. The Labute approximate surface area is 154 Å². The van der Waals surface area contributed by atoms with E-state index in [1.807, 2.05) is 36.6 Å². The van der Waals surface area contributed by atoms with Gasteiger partial charge in [-0.3, -0.25) is 20.2 Å². The Bertz CT molecular complexity index is 960. The maximum Gasteiger partial charge on any atom is 0.269 e. The lowest BCUT2D eigenvalue weighted by Crippen LogP contribution is -2.07. The number of carbonyl (C=O) groups excluding carboxylic acids is 1. The number of nitro benzene ring substituents is 1. The molecular weight excluding hydrogens is 350 g/mol. The van der Waals surface area contributed by atoms with Crippen molar-refractivity contribution in [3.05, 3.63) is 81.2 Å². The SMILES string of the molecule is Cc1ccc(-c2csc(NC(=O)/C=C/c3ccc([N+](=O)[O-])cc3)n2)cc1. The van der Waals surface area contributed by atoms with Crippen molar-refractivity contribution in [2.75, 3.05) is 5.32 Å². The second kappa shape index (κ2) is 7.71. The second-order valence-corrected chi connectivity index (χ2v) is 6.43. The van der Waals surface area contributed by atoms with Crippen LogP contribution in [0.15, 0.2) is 60.0 Å². The molecule has 0 radical (unpaired) electrons. The largest absolute Gasteiger partial charge is 0.298 e. The third-order valence-electron chi connectivity index (χ3n) is 3.61. The summed E-state index contributed by atoms with van der Waals surface area (Å²) in [6.07, 6.45) is 2.96. The van der Waals surface area contributed by atoms with Crippen molar-refractivity contribution in [1.29, 1.82) is 0 Å². The highest BCUT2D eigenvalue weighted by Crippen LogP contribution is 2.25. The standard InChI is InChI=1S/C19H15N3O3S/c1-13-2-7-15(8-3-13)17-12-26-19(20-17)21-18(23)11-6-14-4-9-16(10-5-14)22(24)25/h2-12H,1H3,(H,20,21,23)/b11-6+. The van der Waals surface area contributed by atoms with Crippen LogP contribution >= 0.6 is 11.3 Å². The summed E-state index contributed by atoms with van der Waals surface area (Å²) in [5.41, 5.74) is 3.69. The van der Waals surface area contributed by atoms with Crippen LogP contribution in [0.3, 0.4) is 0 Å². The van der Waals surface area contributed by atoms with Crippen molar-refractivity contribution in [1.82, 2.24) is 4.98 Å². The molecule has 6 nitrogen and oxygen atoms in total. The van der Waals surface area contributed by atoms with Crippen LogP contribution < -0.4 is 5.32 Å². The van der Waals surface area contributed by atoms with Gasteiger partial charge >= 0.3 is 0 Å². The zero-order chi connectivity index (χ0) is 18.5. The number of nitrogens with one attached hydrogen (secondary N) is 1. The minimum Gasteiger partial charge on any atom is -0.298 e. The maximum atomic E-state index is 12.0. The van der Waals surface area contributed by atoms with E-state index in [4.69, 9.17) is 0 Å². The smallest absolute Gasteiger partial charge is 0.269 e. The van der Waals surface area contributed by atoms with E-state index in [1.54, 1.807) is 18.2 Å². The fourth-order valence-corrected chi connectivity index (χ4v) is 2.94. The van der Waals surface area contributed by atoms with E-state index in [9.17, 15) is 14.9 Å². The minimum atomic E-state index is -0.464. The number of carbonyl (C=O) groups is 1. The van der Waals surface area contributed by atoms with Gasteiger partial charge in [-0.25, -0.2) is 4.98 Å². The summed E-state index contributed by atoms with van der Waals surface area (Å²) in [5, 5.41) is 15.7. The van der Waals surface area contributed by atoms with Gasteiger partial charge in [0.2, 0.25) is 5.91 Å². The zero-order valence-electron chi connectivity index (χ0n) is 13.9. The fraction of sp³-hybridized carbons (Fsp3) is 0.0526. The predicted molar refractivity (Wildman–Crippen MR) is 103 cm³/mol. The van der Waals surface area contributed by atoms with E-state index < -0.39 is 4.92 Å². The number of aromatic nitrogens is 1. The quantitative estimate of drug-likeness (QED) is 0.404. The molecule has 0 unspecified atom stereocenters. The lowest BCUT2D eigenvalue weighted by Gasteiger charge is -1.98. The Kier molecular flexibility index (Phi) is 5.19. The number of hydrogen-bond donors (Lipinski definition) is 1. The number of anilines is 1. The van der Waals surface area contributed by atoms with E-state index in [2.05, 4.69) is 10.3 Å². The second-order valence-electron chi connectivity index (χ2n) is 5.58. The first-order valence-electron chi connectivity index (χ1n) is 7.77. The van der Waals surface area contributed by atoms with Crippen LogP contribution in [0, 0.1) is 17.0 Å². The molecule has 0 bridgehead atoms. The first kappa shape index (κ1) is 17.5. The van der Waals surface area contributed by atoms with Crippen LogP contribution in [0.5, 0.6) is 0 Å². The molecule has 0 saturated heterocycles. The van der Waals surface area contributed by atoms with E-state index in [1.165, 1.54) is 35.1 Å². The molecule has 3 aromatic rings. The van der Waals surface area contributed by atoms with E-state index >= 15 is 0 Å². The molecule has 0 fully saturated rings. The highest BCUT2D eigenvalue weighted by atomic mass is 32.1. The Hall–Kier alpha value is -3.32. The average Bonchev–Trinajstić information content (AvgIpc) is 3.09. The lowest BCUT2D eigenvalue weighted by molar-refractivity contribution is -0.384. The molecular formula is C19H15N3O3S. The molecule has 0 atom stereocenters. The first-order chi connectivity index (χ1) is 12.5. The molecule has 1 heterocycles. The number of non-ortho nitro benzene ring substituents is 1. The highest BCUT2D eigenvalue weighted by Gasteiger charge is 2.07. The normalized spacial score (nSPS) is 10.8. The van der Waals surface area contributed by atoms with Crippen molar-refractivity contribution in [2.24, 2.45) is 0 Å². The topological polar surface area (TPSA) is 85.1 Å². The summed E-state index contributed by atoms with van der Waals surface area (Å²) in [6, 6.07) is 14.0. The van der Waals surface area contributed by atoms with Gasteiger partial charge in [0.05, 0.1) is 10.6 Å². The van der Waals surface area contributed by atoms with Crippen LogP contribution in [0.25, 0.3) is 17.3 Å². The predicted octanol–water partition coefficient (Wildman–Crippen LogP) is 4.68. The van der Waals surface area contributed by atoms with Gasteiger partial charge in [-0.1, -0.05) is 29.8 Å². The lowest BCUT2D eigenvalue weighted by atomic mass is 10.1. The number of thiazole rings is 1. The van der Waals surface area contributed by atoms with Gasteiger partial charge in [-0.05, 0) is 30.7 Å². The number of benzene rings is 2. The Balaban J connectivity index is 1.63. The monoisotopic (exact) mass is 365 g/mol. The van der Waals surface area contributed by atoms with Gasteiger partial charge in [0, 0.05) is 29.2 Å². The number of rotatable bonds is 5. The number of hydrogen-bond acceptors (Lipinski definition) is 5. The summed E-state index contributed by atoms with van der Waals surface area (Å²) in [7, 11) is 0. The Morgan fingerprint density at radius 3 is 2.50 bits per heavy atom. The number of amides is 1. The third-order valence-corrected chi connectivity index (χ3v) is 4.37. The zero-order valence-corrected chi connectivity index (χ0v) is 14.7. The summed E-state index contributed by atoms with van der Waals surface area (Å²) in [4.78, 5) is 26.6. The van der Waals surface area contributed by atoms with E-state index in [-0.39, 0.29) is 11.6 Å². The first-order valence-corrected chi connectivity index (χ1v) is 8.65. The molecule has 3 rings (SSSR count). The molecule has 0 aliphatic rings. The summed E-state index contributed by atoms with van der Waals surface area (Å²) in [5.74, 6) is -0.312. The van der Waals surface area contributed by atoms with Gasteiger partial charge in [0.15, 0.2) is 5.13 Å². The average molecular weight is 365 g/mol. The molecule has 0 saturated carbocycles. The fourth-order valence-electron chi connectivity index (χ4n) is 2.21. The Morgan fingerprint density at radius 1 is 1.15 bits per heavy atom. The molecule has 0 aliphatic carbocycles. The van der Waals surface area contributed by atoms with Crippen LogP contribution in [0.1, 0.15) is 11.1 Å². The highest BCUT2D eigenvalue weighted by molar-refractivity contribution is 7.14. The maximum absolute atomic E-state index is 12.0. The van der Waals surface area contributed by atoms with Crippen LogP contribution in [-0.2, 0) is 4.79 Å². The van der Waals surface area contributed by atoms with Crippen molar-refractivity contribution >= 4 is 34.1 Å². The summed E-state index contributed by atoms with van der Waals surface area (Å²) in [6.45, 7) is 2.02. The van der Waals surface area contributed by atoms with Gasteiger partial charge < -0.3 is 0 Å². The summed E-state index contributed by atoms with van der Waals surface area (Å²) >= 11 is 1.35. The minimum absolute atomic E-state index is 0.0121. The molecule has 1 aromatic heterocycles. The van der Waals surface area contributed by atoms with Crippen molar-refractivity contribution < 1.29 is 9.72 Å². The van der Waals surface area contributed by atoms with Gasteiger partial charge in [-0.2, -0.15) is 0 Å². The van der Waals surface area contributed by atoms with E-state index in [0.717, 1.165) is 11.3 Å². The van der Waals surface area contributed by atoms with Crippen molar-refractivity contribution in [3.8, 4) is 11.3 Å². The molecule has 130 valence electrons. The molecule has 0 aliphatic heterocycles. The molecule has 26 heavy (non-hydrogen) atoms. The van der Waals surface area contributed by atoms with Crippen LogP contribution in [-0.4, -0.2) is 15.8 Å². The Morgan fingerprint density at radius 2 is 1.85 bits per heavy atom. The van der Waals surface area contributed by atoms with Gasteiger partial charge in [-0.15, -0.1) is 11.3 Å². The van der Waals surface area contributed by atoms with Crippen LogP contribution in [0.4, 0.5) is 10.8 Å². The molecule has 0 spiro atoms. The molecule has 1 N–H and O–H groups in total. The number of nitrogens with zero attached hydrogens (tertiary/aromatic N) is 2. The molecule has 2 aromatic carbocycles. The van der Waals surface area contributed by atoms with E-state index in [0.29, 0.717) is 10.7 Å². The van der Waals surface area contributed by atoms with Gasteiger partial charge in [0.25, 0.3) is 5.69 Å². The molecule has 7 heteroatoms. The third kappa shape index (κ3) is 4.40. The van der Waals surface area contributed by atoms with Gasteiger partial charge in [0.1, 0.15) is 0 Å².